The Morgan fingerprint density at radius 3 is 2.72 bits per heavy atom. The number of thioether (sulfide) groups is 1. The van der Waals surface area contributed by atoms with Crippen molar-refractivity contribution in [1.82, 2.24) is 4.72 Å². The summed E-state index contributed by atoms with van der Waals surface area (Å²) in [6.07, 6.45) is 2.81. The normalized spacial score (nSPS) is 13.6. The van der Waals surface area contributed by atoms with E-state index in [2.05, 4.69) is 27.6 Å². The van der Waals surface area contributed by atoms with E-state index in [1.165, 1.54) is 12.1 Å². The first-order valence-electron chi connectivity index (χ1n) is 5.34. The lowest BCUT2D eigenvalue weighted by Crippen LogP contribution is -2.26. The second-order valence-corrected chi connectivity index (χ2v) is 8.11. The standard InChI is InChI=1S/C11H15BrClNO2S2/c1-8(17-2)5-6-14-18(15,16)9-3-4-11(13)10(12)7-9/h3-4,7-8,14H,5-6H2,1-2H3. The number of rotatable bonds is 6. The molecular formula is C11H15BrClNO2S2. The molecule has 1 aromatic carbocycles. The monoisotopic (exact) mass is 371 g/mol. The fraction of sp³-hybridized carbons (Fsp3) is 0.455. The zero-order chi connectivity index (χ0) is 13.8. The van der Waals surface area contributed by atoms with Gasteiger partial charge in [0, 0.05) is 16.3 Å². The van der Waals surface area contributed by atoms with Gasteiger partial charge in [0.25, 0.3) is 0 Å². The minimum absolute atomic E-state index is 0.218. The molecule has 0 saturated heterocycles. The lowest BCUT2D eigenvalue weighted by Gasteiger charge is -2.10. The Labute approximate surface area is 126 Å². The summed E-state index contributed by atoms with van der Waals surface area (Å²) in [5.41, 5.74) is 0. The minimum Gasteiger partial charge on any atom is -0.211 e. The fourth-order valence-electron chi connectivity index (χ4n) is 1.24. The Bertz CT molecular complexity index is 508. The first kappa shape index (κ1) is 16.3. The maximum absolute atomic E-state index is 12.0. The maximum atomic E-state index is 12.0. The van der Waals surface area contributed by atoms with Crippen LogP contribution >= 0.6 is 39.3 Å². The molecule has 0 aliphatic rings. The highest BCUT2D eigenvalue weighted by Crippen LogP contribution is 2.25. The molecule has 0 radical (unpaired) electrons. The van der Waals surface area contributed by atoms with Crippen LogP contribution in [0.15, 0.2) is 27.6 Å². The Hall–Kier alpha value is 0.250. The van der Waals surface area contributed by atoms with Gasteiger partial charge in [-0.15, -0.1) is 0 Å². The van der Waals surface area contributed by atoms with E-state index < -0.39 is 10.0 Å². The Balaban J connectivity index is 2.71. The van der Waals surface area contributed by atoms with Crippen molar-refractivity contribution in [3.63, 3.8) is 0 Å². The Morgan fingerprint density at radius 2 is 2.17 bits per heavy atom. The number of benzene rings is 1. The number of sulfonamides is 1. The van der Waals surface area contributed by atoms with Gasteiger partial charge in [-0.1, -0.05) is 18.5 Å². The van der Waals surface area contributed by atoms with Crippen LogP contribution in [-0.2, 0) is 10.0 Å². The summed E-state index contributed by atoms with van der Waals surface area (Å²) in [7, 11) is -3.45. The lowest BCUT2D eigenvalue weighted by molar-refractivity contribution is 0.579. The smallest absolute Gasteiger partial charge is 0.211 e. The van der Waals surface area contributed by atoms with Gasteiger partial charge >= 0.3 is 0 Å². The third-order valence-electron chi connectivity index (χ3n) is 2.45. The molecule has 0 bridgehead atoms. The van der Waals surface area contributed by atoms with Crippen molar-refractivity contribution in [3.8, 4) is 0 Å². The summed E-state index contributed by atoms with van der Waals surface area (Å²) < 4.78 is 27.1. The first-order chi connectivity index (χ1) is 8.36. The average molecular weight is 373 g/mol. The van der Waals surface area contributed by atoms with Crippen LogP contribution in [0.2, 0.25) is 5.02 Å². The highest BCUT2D eigenvalue weighted by Gasteiger charge is 2.15. The molecule has 18 heavy (non-hydrogen) atoms. The molecule has 7 heteroatoms. The van der Waals surface area contributed by atoms with E-state index in [0.717, 1.165) is 6.42 Å². The molecule has 0 fully saturated rings. The highest BCUT2D eigenvalue weighted by molar-refractivity contribution is 9.10. The molecule has 0 aliphatic heterocycles. The molecule has 0 heterocycles. The van der Waals surface area contributed by atoms with E-state index in [1.54, 1.807) is 17.8 Å². The van der Waals surface area contributed by atoms with Crippen LogP contribution in [0.5, 0.6) is 0 Å². The number of nitrogens with one attached hydrogen (secondary N) is 1. The number of hydrogen-bond acceptors (Lipinski definition) is 3. The SMILES string of the molecule is CSC(C)CCNS(=O)(=O)c1ccc(Cl)c(Br)c1. The quantitative estimate of drug-likeness (QED) is 0.831. The number of halogens is 2. The molecule has 102 valence electrons. The van der Waals surface area contributed by atoms with Crippen molar-refractivity contribution in [2.24, 2.45) is 0 Å². The van der Waals surface area contributed by atoms with Crippen molar-refractivity contribution in [2.75, 3.05) is 12.8 Å². The number of hydrogen-bond donors (Lipinski definition) is 1. The molecule has 1 aromatic rings. The predicted molar refractivity (Wildman–Crippen MR) is 81.9 cm³/mol. The third-order valence-corrected chi connectivity index (χ3v) is 6.16. The molecule has 1 unspecified atom stereocenters. The fourth-order valence-corrected chi connectivity index (χ4v) is 3.32. The van der Waals surface area contributed by atoms with E-state index in [-0.39, 0.29) is 4.90 Å². The first-order valence-corrected chi connectivity index (χ1v) is 9.28. The van der Waals surface area contributed by atoms with Crippen LogP contribution in [0.25, 0.3) is 0 Å². The zero-order valence-corrected chi connectivity index (χ0v) is 14.1. The zero-order valence-electron chi connectivity index (χ0n) is 10.1. The average Bonchev–Trinajstić information content (AvgIpc) is 2.32. The summed E-state index contributed by atoms with van der Waals surface area (Å²) in [5.74, 6) is 0. The van der Waals surface area contributed by atoms with Crippen LogP contribution < -0.4 is 4.72 Å². The van der Waals surface area contributed by atoms with Crippen molar-refractivity contribution in [3.05, 3.63) is 27.7 Å². The molecule has 1 N–H and O–H groups in total. The van der Waals surface area contributed by atoms with E-state index in [9.17, 15) is 8.42 Å². The van der Waals surface area contributed by atoms with E-state index >= 15 is 0 Å². The molecule has 1 rings (SSSR count). The van der Waals surface area contributed by atoms with Crippen LogP contribution in [-0.4, -0.2) is 26.5 Å². The maximum Gasteiger partial charge on any atom is 0.240 e. The van der Waals surface area contributed by atoms with E-state index in [1.807, 2.05) is 6.26 Å². The predicted octanol–water partition coefficient (Wildman–Crippen LogP) is 3.52. The van der Waals surface area contributed by atoms with Gasteiger partial charge in [0.15, 0.2) is 0 Å². The third kappa shape index (κ3) is 4.74. The summed E-state index contributed by atoms with van der Waals surface area (Å²) in [4.78, 5) is 0.218. The van der Waals surface area contributed by atoms with Gasteiger partial charge in [0.05, 0.1) is 9.92 Å². The topological polar surface area (TPSA) is 46.2 Å². The van der Waals surface area contributed by atoms with Crippen molar-refractivity contribution in [2.45, 2.75) is 23.5 Å². The van der Waals surface area contributed by atoms with Crippen LogP contribution in [0.4, 0.5) is 0 Å². The van der Waals surface area contributed by atoms with Crippen LogP contribution in [0.3, 0.4) is 0 Å². The molecule has 0 aromatic heterocycles. The van der Waals surface area contributed by atoms with Gasteiger partial charge in [-0.2, -0.15) is 11.8 Å². The second-order valence-electron chi connectivity index (χ2n) is 3.81. The van der Waals surface area contributed by atoms with Gasteiger partial charge in [-0.3, -0.25) is 0 Å². The summed E-state index contributed by atoms with van der Waals surface area (Å²) >= 11 is 10.8. The van der Waals surface area contributed by atoms with E-state index in [4.69, 9.17) is 11.6 Å². The summed E-state index contributed by atoms with van der Waals surface area (Å²) in [6.45, 7) is 2.50. The molecule has 3 nitrogen and oxygen atoms in total. The van der Waals surface area contributed by atoms with Gasteiger partial charge in [-0.25, -0.2) is 13.1 Å². The minimum atomic E-state index is -3.45. The van der Waals surface area contributed by atoms with Gasteiger partial charge in [-0.05, 0) is 46.8 Å². The van der Waals surface area contributed by atoms with E-state index in [0.29, 0.717) is 21.3 Å². The molecule has 0 amide bonds. The van der Waals surface area contributed by atoms with Crippen molar-refractivity contribution >= 4 is 49.3 Å². The van der Waals surface area contributed by atoms with Crippen molar-refractivity contribution in [1.29, 1.82) is 0 Å². The molecule has 0 saturated carbocycles. The van der Waals surface area contributed by atoms with Crippen LogP contribution in [0.1, 0.15) is 13.3 Å². The lowest BCUT2D eigenvalue weighted by atomic mass is 10.3. The second kappa shape index (κ2) is 7.14. The Kier molecular flexibility index (Phi) is 6.47. The highest BCUT2D eigenvalue weighted by atomic mass is 79.9. The van der Waals surface area contributed by atoms with Crippen molar-refractivity contribution < 1.29 is 8.42 Å². The largest absolute Gasteiger partial charge is 0.240 e. The summed E-state index contributed by atoms with van der Waals surface area (Å²) in [5, 5.41) is 0.926. The molecule has 0 spiro atoms. The molecule has 1 atom stereocenters. The van der Waals surface area contributed by atoms with Gasteiger partial charge in [0.1, 0.15) is 0 Å². The molecular weight excluding hydrogens is 358 g/mol. The van der Waals surface area contributed by atoms with Gasteiger partial charge in [0.2, 0.25) is 10.0 Å². The van der Waals surface area contributed by atoms with Gasteiger partial charge < -0.3 is 0 Å². The summed E-state index contributed by atoms with van der Waals surface area (Å²) in [6, 6.07) is 4.56. The molecule has 0 aliphatic carbocycles. The van der Waals surface area contributed by atoms with Crippen LogP contribution in [0, 0.1) is 0 Å². The Morgan fingerprint density at radius 1 is 1.50 bits per heavy atom.